The van der Waals surface area contributed by atoms with Crippen molar-refractivity contribution >= 4 is 35.6 Å². The molecule has 3 heterocycles. The van der Waals surface area contributed by atoms with Gasteiger partial charge in [0.1, 0.15) is 5.75 Å². The summed E-state index contributed by atoms with van der Waals surface area (Å²) in [5.41, 5.74) is 0.984. The predicted octanol–water partition coefficient (Wildman–Crippen LogP) is 2.92. The Morgan fingerprint density at radius 2 is 1.80 bits per heavy atom. The molecular weight excluding hydrogens is 462 g/mol. The zero-order chi connectivity index (χ0) is 24.4. The molecule has 2 aromatic rings. The summed E-state index contributed by atoms with van der Waals surface area (Å²) in [6.07, 6.45) is 7.99. The fourth-order valence-electron chi connectivity index (χ4n) is 5.21. The second-order valence-corrected chi connectivity index (χ2v) is 10.6. The van der Waals surface area contributed by atoms with Crippen molar-refractivity contribution in [2.75, 3.05) is 45.2 Å². The Morgan fingerprint density at radius 3 is 2.49 bits per heavy atom. The predicted molar refractivity (Wildman–Crippen MR) is 137 cm³/mol. The number of thioether (sulfide) groups is 1. The van der Waals surface area contributed by atoms with Crippen molar-refractivity contribution < 1.29 is 14.3 Å². The van der Waals surface area contributed by atoms with Crippen LogP contribution in [0.5, 0.6) is 5.75 Å². The van der Waals surface area contributed by atoms with Crippen molar-refractivity contribution in [2.45, 2.75) is 30.6 Å². The number of aromatic nitrogens is 2. The molecule has 3 atom stereocenters. The van der Waals surface area contributed by atoms with Crippen molar-refractivity contribution in [1.29, 1.82) is 0 Å². The topological polar surface area (TPSA) is 78.9 Å². The molecule has 3 aliphatic rings. The molecule has 3 fully saturated rings. The first-order valence-electron chi connectivity index (χ1n) is 12.1. The lowest BCUT2D eigenvalue weighted by molar-refractivity contribution is -0.139. The van der Waals surface area contributed by atoms with Gasteiger partial charge in [0.15, 0.2) is 0 Å². The Labute approximate surface area is 210 Å². The Bertz CT molecular complexity index is 1090. The van der Waals surface area contributed by atoms with Crippen molar-refractivity contribution in [2.24, 2.45) is 5.92 Å². The number of hydrogen-bond acceptors (Lipinski definition) is 7. The van der Waals surface area contributed by atoms with E-state index in [4.69, 9.17) is 4.74 Å². The van der Waals surface area contributed by atoms with Crippen LogP contribution in [0.15, 0.2) is 47.6 Å². The minimum atomic E-state index is -0.0289. The zero-order valence-corrected chi connectivity index (χ0v) is 21.0. The molecule has 1 aliphatic carbocycles. The van der Waals surface area contributed by atoms with Gasteiger partial charge in [0, 0.05) is 62.8 Å². The van der Waals surface area contributed by atoms with Crippen molar-refractivity contribution in [3.63, 3.8) is 0 Å². The number of rotatable bonds is 4. The van der Waals surface area contributed by atoms with E-state index in [-0.39, 0.29) is 23.8 Å². The standard InChI is InChI=1S/C26H31N5O3S/c1-29-21-17-19(24(32)30-12-14-31(15-13-30)26-27-10-3-11-28-26)6-9-22(21)35-23(25(29)33)16-18-4-7-20(34-2)8-5-18/h3-5,7-8,10-11,16,19,21-22H,6,9,12-15,17H2,1-2H3/b23-16+. The minimum absolute atomic E-state index is 0.0289. The van der Waals surface area contributed by atoms with E-state index in [1.807, 2.05) is 53.3 Å². The Kier molecular flexibility index (Phi) is 6.95. The van der Waals surface area contributed by atoms with Gasteiger partial charge in [0.2, 0.25) is 11.9 Å². The number of hydrogen-bond donors (Lipinski definition) is 0. The third-order valence-electron chi connectivity index (χ3n) is 7.25. The summed E-state index contributed by atoms with van der Waals surface area (Å²) in [7, 11) is 3.52. The van der Waals surface area contributed by atoms with Gasteiger partial charge in [-0.1, -0.05) is 12.1 Å². The van der Waals surface area contributed by atoms with Gasteiger partial charge in [-0.15, -0.1) is 11.8 Å². The van der Waals surface area contributed by atoms with Gasteiger partial charge in [-0.3, -0.25) is 9.59 Å². The van der Waals surface area contributed by atoms with Crippen LogP contribution in [0.1, 0.15) is 24.8 Å². The molecule has 2 aliphatic heterocycles. The quantitative estimate of drug-likeness (QED) is 0.606. The summed E-state index contributed by atoms with van der Waals surface area (Å²) in [6.45, 7) is 2.84. The number of benzene rings is 1. The summed E-state index contributed by atoms with van der Waals surface area (Å²) < 4.78 is 5.23. The van der Waals surface area contributed by atoms with Crippen LogP contribution in [0.3, 0.4) is 0 Å². The number of carbonyl (C=O) groups is 2. The average molecular weight is 494 g/mol. The van der Waals surface area contributed by atoms with Crippen LogP contribution in [0.4, 0.5) is 5.95 Å². The maximum atomic E-state index is 13.4. The van der Waals surface area contributed by atoms with E-state index in [0.29, 0.717) is 18.3 Å². The maximum absolute atomic E-state index is 13.4. The van der Waals surface area contributed by atoms with Crippen LogP contribution in [0, 0.1) is 5.92 Å². The molecule has 184 valence electrons. The van der Waals surface area contributed by atoms with E-state index in [1.54, 1.807) is 31.3 Å². The van der Waals surface area contributed by atoms with E-state index in [1.165, 1.54) is 0 Å². The van der Waals surface area contributed by atoms with E-state index in [2.05, 4.69) is 14.9 Å². The summed E-state index contributed by atoms with van der Waals surface area (Å²) in [6, 6.07) is 9.63. The lowest BCUT2D eigenvalue weighted by atomic mass is 9.83. The van der Waals surface area contributed by atoms with E-state index < -0.39 is 0 Å². The molecule has 3 unspecified atom stereocenters. The molecule has 1 aromatic heterocycles. The van der Waals surface area contributed by atoms with Gasteiger partial charge >= 0.3 is 0 Å². The smallest absolute Gasteiger partial charge is 0.260 e. The van der Waals surface area contributed by atoms with Crippen LogP contribution in [0.2, 0.25) is 0 Å². The van der Waals surface area contributed by atoms with Crippen molar-refractivity contribution in [3.8, 4) is 5.75 Å². The number of likely N-dealkylation sites (N-methyl/N-ethyl adjacent to an activating group) is 1. The first-order chi connectivity index (χ1) is 17.0. The largest absolute Gasteiger partial charge is 0.497 e. The lowest BCUT2D eigenvalue weighted by Gasteiger charge is -2.45. The normalized spacial score (nSPS) is 26.0. The van der Waals surface area contributed by atoms with Crippen molar-refractivity contribution in [3.05, 3.63) is 53.2 Å². The molecule has 8 nitrogen and oxygen atoms in total. The van der Waals surface area contributed by atoms with Crippen LogP contribution in [-0.2, 0) is 9.59 Å². The first kappa shape index (κ1) is 23.7. The van der Waals surface area contributed by atoms with Crippen molar-refractivity contribution in [1.82, 2.24) is 19.8 Å². The van der Waals surface area contributed by atoms with Gasteiger partial charge in [0.05, 0.1) is 12.0 Å². The molecule has 0 spiro atoms. The number of fused-ring (bicyclic) bond motifs is 1. The number of piperazine rings is 1. The van der Waals surface area contributed by atoms with E-state index in [9.17, 15) is 9.59 Å². The number of nitrogens with zero attached hydrogens (tertiary/aromatic N) is 5. The van der Waals surface area contributed by atoms with Gasteiger partial charge in [-0.25, -0.2) is 9.97 Å². The van der Waals surface area contributed by atoms with Gasteiger partial charge < -0.3 is 19.4 Å². The fourth-order valence-corrected chi connectivity index (χ4v) is 6.69. The molecule has 0 bridgehead atoms. The zero-order valence-electron chi connectivity index (χ0n) is 20.2. The summed E-state index contributed by atoms with van der Waals surface area (Å²) >= 11 is 1.67. The Morgan fingerprint density at radius 1 is 1.09 bits per heavy atom. The molecule has 0 N–H and O–H groups in total. The van der Waals surface area contributed by atoms with Crippen LogP contribution < -0.4 is 9.64 Å². The van der Waals surface area contributed by atoms with E-state index >= 15 is 0 Å². The molecule has 2 saturated heterocycles. The number of ether oxygens (including phenoxy) is 1. The third-order valence-corrected chi connectivity index (χ3v) is 8.65. The second kappa shape index (κ2) is 10.3. The third kappa shape index (κ3) is 5.00. The Hall–Kier alpha value is -3.07. The molecule has 5 rings (SSSR count). The highest BCUT2D eigenvalue weighted by atomic mass is 32.2. The number of amides is 2. The molecular formula is C26H31N5O3S. The summed E-state index contributed by atoms with van der Waals surface area (Å²) in [5, 5.41) is 0.318. The van der Waals surface area contributed by atoms with Crippen LogP contribution in [-0.4, -0.2) is 83.2 Å². The number of carbonyl (C=O) groups excluding carboxylic acids is 2. The minimum Gasteiger partial charge on any atom is -0.497 e. The highest BCUT2D eigenvalue weighted by molar-refractivity contribution is 8.04. The lowest BCUT2D eigenvalue weighted by Crippen LogP contribution is -2.55. The van der Waals surface area contributed by atoms with Gasteiger partial charge in [0.25, 0.3) is 5.91 Å². The van der Waals surface area contributed by atoms with Crippen LogP contribution >= 0.6 is 11.8 Å². The van der Waals surface area contributed by atoms with Crippen LogP contribution in [0.25, 0.3) is 6.08 Å². The molecule has 0 radical (unpaired) electrons. The number of methoxy groups -OCH3 is 1. The number of anilines is 1. The SMILES string of the molecule is COc1ccc(/C=C2/SC3CCC(C(=O)N4CCN(c5ncccn5)CC4)CC3N(C)C2=O)cc1. The Balaban J connectivity index is 1.20. The first-order valence-corrected chi connectivity index (χ1v) is 13.0. The summed E-state index contributed by atoms with van der Waals surface area (Å²) in [4.78, 5) is 41.9. The highest BCUT2D eigenvalue weighted by Gasteiger charge is 2.43. The molecule has 2 amide bonds. The maximum Gasteiger partial charge on any atom is 0.260 e. The second-order valence-electron chi connectivity index (χ2n) is 9.29. The molecule has 9 heteroatoms. The summed E-state index contributed by atoms with van der Waals surface area (Å²) in [5.74, 6) is 1.75. The van der Waals surface area contributed by atoms with Gasteiger partial charge in [-0.2, -0.15) is 0 Å². The van der Waals surface area contributed by atoms with E-state index in [0.717, 1.165) is 54.5 Å². The molecule has 1 aromatic carbocycles. The monoisotopic (exact) mass is 493 g/mol. The fraction of sp³-hybridized carbons (Fsp3) is 0.462. The van der Waals surface area contributed by atoms with Gasteiger partial charge in [-0.05, 0) is 49.1 Å². The highest BCUT2D eigenvalue weighted by Crippen LogP contribution is 2.43. The molecule has 1 saturated carbocycles. The molecule has 35 heavy (non-hydrogen) atoms. The average Bonchev–Trinajstić information content (AvgIpc) is 2.92.